The van der Waals surface area contributed by atoms with E-state index < -0.39 is 10.0 Å². The molecule has 29 heavy (non-hydrogen) atoms. The first kappa shape index (κ1) is 21.3. The summed E-state index contributed by atoms with van der Waals surface area (Å²) in [6, 6.07) is 10.3. The highest BCUT2D eigenvalue weighted by atomic mass is 35.5. The first-order chi connectivity index (χ1) is 13.6. The second-order valence-corrected chi connectivity index (χ2v) is 9.81. The SMILES string of the molecule is Cc1ccc(S(=O)(=O)Nc2nc(C)c(C(=O)Nc3cc(Cl)ccc3C)s2)c(C)c1. The van der Waals surface area contributed by atoms with Gasteiger partial charge in [0.2, 0.25) is 0 Å². The Morgan fingerprint density at radius 1 is 1.03 bits per heavy atom. The van der Waals surface area contributed by atoms with Gasteiger partial charge in [-0.2, -0.15) is 0 Å². The van der Waals surface area contributed by atoms with E-state index in [1.165, 1.54) is 0 Å². The van der Waals surface area contributed by atoms with Crippen LogP contribution in [-0.4, -0.2) is 19.3 Å². The lowest BCUT2D eigenvalue weighted by Gasteiger charge is -2.09. The van der Waals surface area contributed by atoms with Gasteiger partial charge in [-0.3, -0.25) is 9.52 Å². The molecule has 0 unspecified atom stereocenters. The van der Waals surface area contributed by atoms with Gasteiger partial charge in [0.15, 0.2) is 5.13 Å². The number of aromatic nitrogens is 1. The molecule has 1 heterocycles. The summed E-state index contributed by atoms with van der Waals surface area (Å²) in [4.78, 5) is 17.4. The Balaban J connectivity index is 1.84. The van der Waals surface area contributed by atoms with E-state index in [4.69, 9.17) is 11.6 Å². The van der Waals surface area contributed by atoms with E-state index in [-0.39, 0.29) is 15.9 Å². The standard InChI is InChI=1S/C20H20ClN3O3S2/c1-11-5-8-17(13(3)9-11)29(26,27)24-20-22-14(4)18(28-20)19(25)23-16-10-15(21)7-6-12(16)2/h5-10H,1-4H3,(H,22,24)(H,23,25). The van der Waals surface area contributed by atoms with Gasteiger partial charge in [0, 0.05) is 10.7 Å². The molecule has 0 fully saturated rings. The number of thiazole rings is 1. The number of nitrogens with zero attached hydrogens (tertiary/aromatic N) is 1. The summed E-state index contributed by atoms with van der Waals surface area (Å²) < 4.78 is 27.9. The number of anilines is 2. The smallest absolute Gasteiger partial charge is 0.267 e. The summed E-state index contributed by atoms with van der Waals surface area (Å²) >= 11 is 6.98. The molecule has 0 bridgehead atoms. The molecule has 0 radical (unpaired) electrons. The van der Waals surface area contributed by atoms with E-state index in [9.17, 15) is 13.2 Å². The van der Waals surface area contributed by atoms with Crippen LogP contribution in [0.4, 0.5) is 10.8 Å². The monoisotopic (exact) mass is 449 g/mol. The van der Waals surface area contributed by atoms with Crippen molar-refractivity contribution in [2.24, 2.45) is 0 Å². The molecule has 0 spiro atoms. The van der Waals surface area contributed by atoms with Gasteiger partial charge in [0.25, 0.3) is 15.9 Å². The number of carbonyl (C=O) groups is 1. The van der Waals surface area contributed by atoms with Crippen LogP contribution in [0.1, 0.15) is 32.1 Å². The number of benzene rings is 2. The molecule has 6 nitrogen and oxygen atoms in total. The number of sulfonamides is 1. The second-order valence-electron chi connectivity index (χ2n) is 6.72. The van der Waals surface area contributed by atoms with Crippen molar-refractivity contribution in [2.45, 2.75) is 32.6 Å². The normalized spacial score (nSPS) is 11.3. The van der Waals surface area contributed by atoms with Crippen molar-refractivity contribution in [2.75, 3.05) is 10.0 Å². The van der Waals surface area contributed by atoms with Gasteiger partial charge in [-0.25, -0.2) is 13.4 Å². The molecule has 3 rings (SSSR count). The molecule has 0 atom stereocenters. The van der Waals surface area contributed by atoms with Gasteiger partial charge in [-0.15, -0.1) is 0 Å². The van der Waals surface area contributed by atoms with Gasteiger partial charge in [-0.05, 0) is 57.0 Å². The summed E-state index contributed by atoms with van der Waals surface area (Å²) in [6.07, 6.45) is 0. The number of halogens is 1. The van der Waals surface area contributed by atoms with Crippen molar-refractivity contribution < 1.29 is 13.2 Å². The fourth-order valence-electron chi connectivity index (χ4n) is 2.83. The maximum absolute atomic E-state index is 12.7. The lowest BCUT2D eigenvalue weighted by Crippen LogP contribution is -2.14. The molecule has 2 N–H and O–H groups in total. The molecular formula is C20H20ClN3O3S2. The molecule has 152 valence electrons. The number of amides is 1. The number of aryl methyl sites for hydroxylation is 4. The van der Waals surface area contributed by atoms with Gasteiger partial charge >= 0.3 is 0 Å². The largest absolute Gasteiger partial charge is 0.321 e. The Morgan fingerprint density at radius 3 is 2.45 bits per heavy atom. The van der Waals surface area contributed by atoms with Gasteiger partial charge in [0.1, 0.15) is 4.88 Å². The third-order valence-corrected chi connectivity index (χ3v) is 7.23. The van der Waals surface area contributed by atoms with E-state index >= 15 is 0 Å². The highest BCUT2D eigenvalue weighted by Gasteiger charge is 2.22. The van der Waals surface area contributed by atoms with Crippen LogP contribution in [-0.2, 0) is 10.0 Å². The average molecular weight is 450 g/mol. The lowest BCUT2D eigenvalue weighted by atomic mass is 10.2. The molecule has 2 aromatic carbocycles. The van der Waals surface area contributed by atoms with Crippen molar-refractivity contribution in [1.82, 2.24) is 4.98 Å². The zero-order chi connectivity index (χ0) is 21.3. The topological polar surface area (TPSA) is 88.2 Å². The predicted molar refractivity (Wildman–Crippen MR) is 118 cm³/mol. The van der Waals surface area contributed by atoms with Gasteiger partial charge in [0.05, 0.1) is 10.6 Å². The highest BCUT2D eigenvalue weighted by molar-refractivity contribution is 7.93. The number of hydrogen-bond acceptors (Lipinski definition) is 5. The second kappa shape index (κ2) is 8.14. The van der Waals surface area contributed by atoms with Crippen LogP contribution in [0.15, 0.2) is 41.3 Å². The van der Waals surface area contributed by atoms with Crippen molar-refractivity contribution >= 4 is 49.7 Å². The Hall–Kier alpha value is -2.42. The summed E-state index contributed by atoms with van der Waals surface area (Å²) in [5, 5.41) is 3.44. The molecule has 0 aliphatic rings. The van der Waals surface area contributed by atoms with Crippen LogP contribution >= 0.6 is 22.9 Å². The minimum atomic E-state index is -3.81. The van der Waals surface area contributed by atoms with E-state index in [1.807, 2.05) is 13.8 Å². The number of hydrogen-bond donors (Lipinski definition) is 2. The average Bonchev–Trinajstić information content (AvgIpc) is 2.97. The number of nitrogens with one attached hydrogen (secondary N) is 2. The van der Waals surface area contributed by atoms with Crippen LogP contribution in [0.5, 0.6) is 0 Å². The van der Waals surface area contributed by atoms with E-state index in [1.54, 1.807) is 50.2 Å². The molecule has 1 aromatic heterocycles. The van der Waals surface area contributed by atoms with Crippen molar-refractivity contribution in [3.63, 3.8) is 0 Å². The van der Waals surface area contributed by atoms with E-state index in [0.29, 0.717) is 26.8 Å². The fourth-order valence-corrected chi connectivity index (χ4v) is 5.33. The quantitative estimate of drug-likeness (QED) is 0.568. The Kier molecular flexibility index (Phi) is 5.97. The third-order valence-electron chi connectivity index (χ3n) is 4.29. The maximum atomic E-state index is 12.7. The highest BCUT2D eigenvalue weighted by Crippen LogP contribution is 2.28. The summed E-state index contributed by atoms with van der Waals surface area (Å²) in [5.41, 5.74) is 3.50. The van der Waals surface area contributed by atoms with Crippen LogP contribution < -0.4 is 10.0 Å². The zero-order valence-corrected chi connectivity index (χ0v) is 18.7. The number of carbonyl (C=O) groups excluding carboxylic acids is 1. The molecule has 3 aromatic rings. The van der Waals surface area contributed by atoms with E-state index in [2.05, 4.69) is 15.0 Å². The molecule has 0 aliphatic carbocycles. The summed E-state index contributed by atoms with van der Waals surface area (Å²) in [5.74, 6) is -0.373. The lowest BCUT2D eigenvalue weighted by molar-refractivity contribution is 0.102. The van der Waals surface area contributed by atoms with Crippen LogP contribution in [0.3, 0.4) is 0 Å². The summed E-state index contributed by atoms with van der Waals surface area (Å²) in [7, 11) is -3.81. The Labute approximate surface area is 179 Å². The molecular weight excluding hydrogens is 430 g/mol. The first-order valence-corrected chi connectivity index (χ1v) is 11.4. The predicted octanol–water partition coefficient (Wildman–Crippen LogP) is 5.08. The molecule has 0 saturated heterocycles. The molecule has 0 aliphatic heterocycles. The number of rotatable bonds is 5. The van der Waals surface area contributed by atoms with E-state index in [0.717, 1.165) is 22.5 Å². The Morgan fingerprint density at radius 2 is 1.76 bits per heavy atom. The van der Waals surface area contributed by atoms with Gasteiger partial charge in [-0.1, -0.05) is 46.7 Å². The van der Waals surface area contributed by atoms with Crippen LogP contribution in [0.2, 0.25) is 5.02 Å². The molecule has 1 amide bonds. The van der Waals surface area contributed by atoms with Crippen molar-refractivity contribution in [1.29, 1.82) is 0 Å². The summed E-state index contributed by atoms with van der Waals surface area (Å²) in [6.45, 7) is 7.15. The van der Waals surface area contributed by atoms with Crippen molar-refractivity contribution in [3.05, 3.63) is 68.7 Å². The van der Waals surface area contributed by atoms with Gasteiger partial charge < -0.3 is 5.32 Å². The minimum absolute atomic E-state index is 0.135. The zero-order valence-electron chi connectivity index (χ0n) is 16.3. The van der Waals surface area contributed by atoms with Crippen molar-refractivity contribution in [3.8, 4) is 0 Å². The molecule has 9 heteroatoms. The first-order valence-electron chi connectivity index (χ1n) is 8.72. The maximum Gasteiger partial charge on any atom is 0.267 e. The minimum Gasteiger partial charge on any atom is -0.321 e. The molecule has 0 saturated carbocycles. The Bertz CT molecular complexity index is 1200. The van der Waals surface area contributed by atoms with Crippen LogP contribution in [0, 0.1) is 27.7 Å². The third kappa shape index (κ3) is 4.77. The van der Waals surface area contributed by atoms with Crippen LogP contribution in [0.25, 0.3) is 0 Å². The fraction of sp³-hybridized carbons (Fsp3) is 0.200.